The third kappa shape index (κ3) is 1.78. The Bertz CT molecular complexity index is 689. The number of imidazole rings is 1. The monoisotopic (exact) mass is 272 g/mol. The topological polar surface area (TPSA) is 53.4 Å². The zero-order chi connectivity index (χ0) is 14.3. The maximum atomic E-state index is 11.9. The average Bonchev–Trinajstić information content (AvgIpc) is 2.84. The minimum atomic E-state index is -0.330. The summed E-state index contributed by atoms with van der Waals surface area (Å²) < 4.78 is 12.8. The van der Waals surface area contributed by atoms with Crippen molar-refractivity contribution in [2.45, 2.75) is 20.4 Å². The van der Waals surface area contributed by atoms with E-state index >= 15 is 0 Å². The van der Waals surface area contributed by atoms with Gasteiger partial charge >= 0.3 is 5.97 Å². The van der Waals surface area contributed by atoms with E-state index in [0.29, 0.717) is 12.2 Å². The van der Waals surface area contributed by atoms with Crippen molar-refractivity contribution >= 4 is 5.97 Å². The van der Waals surface area contributed by atoms with E-state index in [0.717, 1.165) is 34.7 Å². The first kappa shape index (κ1) is 12.7. The first-order valence-electron chi connectivity index (χ1n) is 6.49. The van der Waals surface area contributed by atoms with Gasteiger partial charge in [0, 0.05) is 5.56 Å². The SMILES string of the molecule is COC(=O)c1cc2c(c(C)c1C)OCCn1cncc1-2. The first-order valence-corrected chi connectivity index (χ1v) is 6.49. The number of hydrogen-bond acceptors (Lipinski definition) is 4. The minimum absolute atomic E-state index is 0.330. The van der Waals surface area contributed by atoms with Crippen LogP contribution >= 0.6 is 0 Å². The van der Waals surface area contributed by atoms with E-state index in [4.69, 9.17) is 9.47 Å². The summed E-state index contributed by atoms with van der Waals surface area (Å²) in [5, 5.41) is 0. The predicted octanol–water partition coefficient (Wildman–Crippen LogP) is 2.35. The molecule has 3 rings (SSSR count). The van der Waals surface area contributed by atoms with Crippen LogP contribution in [-0.4, -0.2) is 29.2 Å². The molecular weight excluding hydrogens is 256 g/mol. The zero-order valence-corrected chi connectivity index (χ0v) is 11.8. The Morgan fingerprint density at radius 3 is 2.95 bits per heavy atom. The van der Waals surface area contributed by atoms with Gasteiger partial charge < -0.3 is 14.0 Å². The second-order valence-corrected chi connectivity index (χ2v) is 4.86. The Kier molecular flexibility index (Phi) is 2.97. The summed E-state index contributed by atoms with van der Waals surface area (Å²) >= 11 is 0. The Morgan fingerprint density at radius 2 is 2.20 bits per heavy atom. The van der Waals surface area contributed by atoms with E-state index in [1.54, 1.807) is 12.5 Å². The maximum Gasteiger partial charge on any atom is 0.338 e. The lowest BCUT2D eigenvalue weighted by molar-refractivity contribution is 0.0600. The molecule has 5 nitrogen and oxygen atoms in total. The molecule has 0 aliphatic carbocycles. The van der Waals surface area contributed by atoms with Crippen molar-refractivity contribution in [1.82, 2.24) is 9.55 Å². The smallest absolute Gasteiger partial charge is 0.338 e. The van der Waals surface area contributed by atoms with Crippen LogP contribution in [0.2, 0.25) is 0 Å². The van der Waals surface area contributed by atoms with Crippen molar-refractivity contribution in [2.75, 3.05) is 13.7 Å². The quantitative estimate of drug-likeness (QED) is 0.748. The molecule has 0 amide bonds. The highest BCUT2D eigenvalue weighted by Gasteiger charge is 2.23. The van der Waals surface area contributed by atoms with Gasteiger partial charge in [-0.3, -0.25) is 0 Å². The van der Waals surface area contributed by atoms with Crippen LogP contribution in [0, 0.1) is 13.8 Å². The third-order valence-corrected chi connectivity index (χ3v) is 3.81. The highest BCUT2D eigenvalue weighted by molar-refractivity contribution is 5.94. The molecule has 5 heteroatoms. The van der Waals surface area contributed by atoms with Crippen molar-refractivity contribution in [3.8, 4) is 17.0 Å². The Morgan fingerprint density at radius 1 is 1.40 bits per heavy atom. The molecule has 1 aromatic heterocycles. The minimum Gasteiger partial charge on any atom is -0.491 e. The van der Waals surface area contributed by atoms with Crippen LogP contribution in [-0.2, 0) is 11.3 Å². The van der Waals surface area contributed by atoms with Gasteiger partial charge in [-0.2, -0.15) is 0 Å². The predicted molar refractivity (Wildman–Crippen MR) is 74.0 cm³/mol. The summed E-state index contributed by atoms with van der Waals surface area (Å²) in [5.74, 6) is 0.498. The molecule has 0 fully saturated rings. The van der Waals surface area contributed by atoms with Crippen molar-refractivity contribution < 1.29 is 14.3 Å². The maximum absolute atomic E-state index is 11.9. The lowest BCUT2D eigenvalue weighted by Crippen LogP contribution is -2.08. The normalized spacial score (nSPS) is 12.9. The van der Waals surface area contributed by atoms with Crippen LogP contribution in [0.5, 0.6) is 5.75 Å². The van der Waals surface area contributed by atoms with Crippen molar-refractivity contribution in [3.63, 3.8) is 0 Å². The van der Waals surface area contributed by atoms with Gasteiger partial charge in [0.25, 0.3) is 0 Å². The van der Waals surface area contributed by atoms with Gasteiger partial charge in [0.05, 0.1) is 37.4 Å². The van der Waals surface area contributed by atoms with Crippen molar-refractivity contribution in [3.05, 3.63) is 35.3 Å². The van der Waals surface area contributed by atoms with Gasteiger partial charge in [0.15, 0.2) is 0 Å². The summed E-state index contributed by atoms with van der Waals surface area (Å²) in [6.07, 6.45) is 3.57. The third-order valence-electron chi connectivity index (χ3n) is 3.81. The molecule has 1 aromatic carbocycles. The number of ether oxygens (including phenoxy) is 2. The second-order valence-electron chi connectivity index (χ2n) is 4.86. The number of aromatic nitrogens is 2. The number of hydrogen-bond donors (Lipinski definition) is 0. The van der Waals surface area contributed by atoms with Crippen LogP contribution in [0.4, 0.5) is 0 Å². The van der Waals surface area contributed by atoms with Crippen LogP contribution in [0.25, 0.3) is 11.3 Å². The molecule has 1 aliphatic rings. The summed E-state index contributed by atoms with van der Waals surface area (Å²) in [7, 11) is 1.39. The van der Waals surface area contributed by atoms with Crippen molar-refractivity contribution in [2.24, 2.45) is 0 Å². The summed E-state index contributed by atoms with van der Waals surface area (Å²) in [6.45, 7) is 5.21. The van der Waals surface area contributed by atoms with Crippen LogP contribution in [0.1, 0.15) is 21.5 Å². The number of nitrogens with zero attached hydrogens (tertiary/aromatic N) is 2. The number of benzene rings is 1. The number of rotatable bonds is 1. The van der Waals surface area contributed by atoms with Crippen LogP contribution in [0.3, 0.4) is 0 Å². The van der Waals surface area contributed by atoms with E-state index in [9.17, 15) is 4.79 Å². The molecule has 0 N–H and O–H groups in total. The van der Waals surface area contributed by atoms with Gasteiger partial charge in [0.1, 0.15) is 12.4 Å². The number of esters is 1. The fourth-order valence-electron chi connectivity index (χ4n) is 2.56. The van der Waals surface area contributed by atoms with Gasteiger partial charge in [-0.15, -0.1) is 0 Å². The van der Waals surface area contributed by atoms with Gasteiger partial charge in [-0.1, -0.05) is 0 Å². The summed E-state index contributed by atoms with van der Waals surface area (Å²) in [6, 6.07) is 1.84. The molecule has 0 radical (unpaired) electrons. The molecule has 0 bridgehead atoms. The van der Waals surface area contributed by atoms with E-state index in [2.05, 4.69) is 4.98 Å². The fraction of sp³-hybridized carbons (Fsp3) is 0.333. The molecule has 0 saturated heterocycles. The number of fused-ring (bicyclic) bond motifs is 3. The van der Waals surface area contributed by atoms with Crippen LogP contribution < -0.4 is 4.74 Å². The molecule has 2 aromatic rings. The molecule has 0 spiro atoms. The fourth-order valence-corrected chi connectivity index (χ4v) is 2.56. The standard InChI is InChI=1S/C15H16N2O3/c1-9-10(2)14-12(6-11(9)15(18)19-3)13-7-16-8-17(13)4-5-20-14/h6-8H,4-5H2,1-3H3. The molecule has 0 unspecified atom stereocenters. The molecule has 2 heterocycles. The molecule has 1 aliphatic heterocycles. The molecule has 104 valence electrons. The largest absolute Gasteiger partial charge is 0.491 e. The molecule has 20 heavy (non-hydrogen) atoms. The van der Waals surface area contributed by atoms with E-state index < -0.39 is 0 Å². The molecular formula is C15H16N2O3. The van der Waals surface area contributed by atoms with Gasteiger partial charge in [-0.05, 0) is 31.0 Å². The number of methoxy groups -OCH3 is 1. The average molecular weight is 272 g/mol. The van der Waals surface area contributed by atoms with Gasteiger partial charge in [0.2, 0.25) is 0 Å². The Hall–Kier alpha value is -2.30. The highest BCUT2D eigenvalue weighted by atomic mass is 16.5. The Labute approximate surface area is 117 Å². The summed E-state index contributed by atoms with van der Waals surface area (Å²) in [5.41, 5.74) is 4.29. The second kappa shape index (κ2) is 4.67. The lowest BCUT2D eigenvalue weighted by atomic mass is 9.96. The van der Waals surface area contributed by atoms with E-state index in [1.807, 2.05) is 24.5 Å². The molecule has 0 atom stereocenters. The lowest BCUT2D eigenvalue weighted by Gasteiger charge is -2.15. The van der Waals surface area contributed by atoms with E-state index in [-0.39, 0.29) is 5.97 Å². The Balaban J connectivity index is 2.29. The molecule has 0 saturated carbocycles. The zero-order valence-electron chi connectivity index (χ0n) is 11.8. The highest BCUT2D eigenvalue weighted by Crippen LogP contribution is 2.38. The first-order chi connectivity index (χ1) is 9.63. The number of carbonyl (C=O) groups excluding carboxylic acids is 1. The van der Waals surface area contributed by atoms with Crippen LogP contribution in [0.15, 0.2) is 18.6 Å². The van der Waals surface area contributed by atoms with E-state index in [1.165, 1.54) is 7.11 Å². The van der Waals surface area contributed by atoms with Gasteiger partial charge in [-0.25, -0.2) is 9.78 Å². The summed E-state index contributed by atoms with van der Waals surface area (Å²) in [4.78, 5) is 16.1. The number of carbonyl (C=O) groups is 1. The van der Waals surface area contributed by atoms with Crippen molar-refractivity contribution in [1.29, 1.82) is 0 Å².